The summed E-state index contributed by atoms with van der Waals surface area (Å²) in [4.78, 5) is 6.23. The number of nitrogens with two attached hydrogens (primary N) is 1. The second-order valence-corrected chi connectivity index (χ2v) is 2.18. The van der Waals surface area contributed by atoms with Crippen molar-refractivity contribution >= 4 is 0 Å². The minimum absolute atomic E-state index is 0.0696. The van der Waals surface area contributed by atoms with E-state index in [0.717, 1.165) is 0 Å². The molecule has 1 aromatic rings. The van der Waals surface area contributed by atoms with Gasteiger partial charge in [0.1, 0.15) is 0 Å². The van der Waals surface area contributed by atoms with E-state index in [2.05, 4.69) is 9.97 Å². The number of rotatable bonds is 3. The Hall–Kier alpha value is -0.970. The molecule has 1 rings (SSSR count). The van der Waals surface area contributed by atoms with Gasteiger partial charge in [-0.1, -0.05) is 0 Å². The molecule has 1 aromatic heterocycles. The Balaban J connectivity index is 2.71. The normalized spacial score (nSPS) is 13.8. The smallest absolute Gasteiger partial charge is 0.248 e. The van der Waals surface area contributed by atoms with Gasteiger partial charge in [0.25, 0.3) is 0 Å². The number of hydrogen-bond donors (Lipinski definition) is 2. The molecule has 5 heteroatoms. The first-order chi connectivity index (χ1) is 5.25. The van der Waals surface area contributed by atoms with Gasteiger partial charge in [-0.2, -0.15) is 0 Å². The molecule has 0 aliphatic carbocycles. The van der Waals surface area contributed by atoms with Gasteiger partial charge < -0.3 is 10.7 Å². The number of H-pyrrole nitrogens is 1. The van der Waals surface area contributed by atoms with E-state index in [1.807, 2.05) is 0 Å². The summed E-state index contributed by atoms with van der Waals surface area (Å²) in [6.07, 6.45) is 0.296. The van der Waals surface area contributed by atoms with Crippen molar-refractivity contribution in [2.75, 3.05) is 6.54 Å². The molecule has 1 heterocycles. The van der Waals surface area contributed by atoms with Crippen LogP contribution in [0, 0.1) is 0 Å². The van der Waals surface area contributed by atoms with E-state index >= 15 is 0 Å². The molecule has 0 aliphatic heterocycles. The summed E-state index contributed by atoms with van der Waals surface area (Å²) >= 11 is 0. The number of nitrogens with one attached hydrogen (secondary N) is 1. The Kier molecular flexibility index (Phi) is 2.53. The Morgan fingerprint density at radius 1 is 1.64 bits per heavy atom. The highest BCUT2D eigenvalue weighted by atomic mass is 19.3. The first-order valence-corrected chi connectivity index (χ1v) is 3.22. The topological polar surface area (TPSA) is 54.7 Å². The van der Waals surface area contributed by atoms with Crippen molar-refractivity contribution in [3.05, 3.63) is 18.2 Å². The molecule has 1 atom stereocenters. The summed E-state index contributed by atoms with van der Waals surface area (Å²) in [5.74, 6) is -0.919. The summed E-state index contributed by atoms with van der Waals surface area (Å²) in [6.45, 7) is -0.0696. The first kappa shape index (κ1) is 8.13. The molecule has 0 aliphatic rings. The zero-order valence-electron chi connectivity index (χ0n) is 5.80. The van der Waals surface area contributed by atoms with Crippen LogP contribution in [0.5, 0.6) is 0 Å². The lowest BCUT2D eigenvalue weighted by atomic mass is 10.1. The van der Waals surface area contributed by atoms with Gasteiger partial charge in [0, 0.05) is 18.4 Å². The highest BCUT2D eigenvalue weighted by molar-refractivity contribution is 5.04. The molecular formula is C6H9F2N3. The second-order valence-electron chi connectivity index (χ2n) is 2.18. The van der Waals surface area contributed by atoms with E-state index in [0.29, 0.717) is 5.69 Å². The summed E-state index contributed by atoms with van der Waals surface area (Å²) in [5, 5.41) is 0. The zero-order valence-corrected chi connectivity index (χ0v) is 5.80. The molecule has 0 aromatic carbocycles. The van der Waals surface area contributed by atoms with Crippen LogP contribution in [0.1, 0.15) is 11.6 Å². The molecule has 11 heavy (non-hydrogen) atoms. The summed E-state index contributed by atoms with van der Waals surface area (Å²) in [7, 11) is 0. The lowest BCUT2D eigenvalue weighted by Crippen LogP contribution is -2.19. The number of aromatic nitrogens is 2. The summed E-state index contributed by atoms with van der Waals surface area (Å²) in [5.41, 5.74) is 5.53. The molecular weight excluding hydrogens is 152 g/mol. The summed E-state index contributed by atoms with van der Waals surface area (Å²) < 4.78 is 24.3. The Morgan fingerprint density at radius 2 is 2.36 bits per heavy atom. The van der Waals surface area contributed by atoms with Gasteiger partial charge in [-0.3, -0.25) is 0 Å². The molecule has 62 valence electrons. The monoisotopic (exact) mass is 161 g/mol. The molecule has 0 bridgehead atoms. The van der Waals surface area contributed by atoms with Crippen LogP contribution >= 0.6 is 0 Å². The third-order valence-corrected chi connectivity index (χ3v) is 1.48. The van der Waals surface area contributed by atoms with Crippen LogP contribution < -0.4 is 5.73 Å². The van der Waals surface area contributed by atoms with Crippen LogP contribution in [-0.4, -0.2) is 22.9 Å². The van der Waals surface area contributed by atoms with E-state index in [-0.39, 0.29) is 6.54 Å². The molecule has 0 radical (unpaired) electrons. The van der Waals surface area contributed by atoms with Crippen molar-refractivity contribution in [3.8, 4) is 0 Å². The fourth-order valence-corrected chi connectivity index (χ4v) is 0.835. The Morgan fingerprint density at radius 3 is 2.73 bits per heavy atom. The number of aromatic amines is 1. The lowest BCUT2D eigenvalue weighted by molar-refractivity contribution is 0.115. The van der Waals surface area contributed by atoms with Gasteiger partial charge in [-0.25, -0.2) is 13.8 Å². The minimum atomic E-state index is -2.43. The quantitative estimate of drug-likeness (QED) is 0.686. The van der Waals surface area contributed by atoms with Crippen molar-refractivity contribution in [2.24, 2.45) is 5.73 Å². The molecule has 3 N–H and O–H groups in total. The third-order valence-electron chi connectivity index (χ3n) is 1.48. The Bertz CT molecular complexity index is 198. The van der Waals surface area contributed by atoms with E-state index in [1.54, 1.807) is 0 Å². The lowest BCUT2D eigenvalue weighted by Gasteiger charge is -2.09. The van der Waals surface area contributed by atoms with Crippen molar-refractivity contribution in [1.82, 2.24) is 9.97 Å². The highest BCUT2D eigenvalue weighted by Crippen LogP contribution is 2.18. The van der Waals surface area contributed by atoms with Crippen LogP contribution in [-0.2, 0) is 0 Å². The number of imidazole rings is 1. The fourth-order valence-electron chi connectivity index (χ4n) is 0.835. The van der Waals surface area contributed by atoms with Crippen LogP contribution in [0.4, 0.5) is 8.78 Å². The van der Waals surface area contributed by atoms with Crippen LogP contribution in [0.25, 0.3) is 0 Å². The van der Waals surface area contributed by atoms with Gasteiger partial charge in [0.05, 0.1) is 12.2 Å². The highest BCUT2D eigenvalue weighted by Gasteiger charge is 2.21. The molecule has 0 spiro atoms. The zero-order chi connectivity index (χ0) is 8.27. The largest absolute Gasteiger partial charge is 0.348 e. The van der Waals surface area contributed by atoms with E-state index in [9.17, 15) is 8.78 Å². The maximum absolute atomic E-state index is 12.1. The van der Waals surface area contributed by atoms with Gasteiger partial charge in [0.2, 0.25) is 6.43 Å². The maximum atomic E-state index is 12.1. The van der Waals surface area contributed by atoms with Crippen molar-refractivity contribution in [3.63, 3.8) is 0 Å². The summed E-state index contributed by atoms with van der Waals surface area (Å²) in [6, 6.07) is 0. The van der Waals surface area contributed by atoms with Crippen LogP contribution in [0.3, 0.4) is 0 Å². The van der Waals surface area contributed by atoms with E-state index < -0.39 is 12.3 Å². The third kappa shape index (κ3) is 1.74. The molecule has 3 nitrogen and oxygen atoms in total. The van der Waals surface area contributed by atoms with Gasteiger partial charge >= 0.3 is 0 Å². The average molecular weight is 161 g/mol. The molecule has 0 amide bonds. The van der Waals surface area contributed by atoms with Crippen LogP contribution in [0.15, 0.2) is 12.5 Å². The minimum Gasteiger partial charge on any atom is -0.348 e. The number of halogens is 2. The molecule has 0 fully saturated rings. The first-order valence-electron chi connectivity index (χ1n) is 3.22. The van der Waals surface area contributed by atoms with Crippen LogP contribution in [0.2, 0.25) is 0 Å². The number of nitrogens with zero attached hydrogens (tertiary/aromatic N) is 1. The predicted molar refractivity (Wildman–Crippen MR) is 36.4 cm³/mol. The SMILES string of the molecule is NCC(c1cnc[nH]1)C(F)F. The number of hydrogen-bond acceptors (Lipinski definition) is 2. The van der Waals surface area contributed by atoms with Crippen molar-refractivity contribution in [1.29, 1.82) is 0 Å². The van der Waals surface area contributed by atoms with Crippen molar-refractivity contribution in [2.45, 2.75) is 12.3 Å². The van der Waals surface area contributed by atoms with Gasteiger partial charge in [-0.05, 0) is 0 Å². The molecule has 1 unspecified atom stereocenters. The predicted octanol–water partition coefficient (Wildman–Crippen LogP) is 0.717. The second kappa shape index (κ2) is 3.43. The molecule has 0 saturated carbocycles. The fraction of sp³-hybridized carbons (Fsp3) is 0.500. The standard InChI is InChI=1S/C6H9F2N3/c7-6(8)4(1-9)5-2-10-3-11-5/h2-4,6H,1,9H2,(H,10,11). The van der Waals surface area contributed by atoms with Gasteiger partial charge in [-0.15, -0.1) is 0 Å². The van der Waals surface area contributed by atoms with Crippen molar-refractivity contribution < 1.29 is 8.78 Å². The molecule has 0 saturated heterocycles. The number of alkyl halides is 2. The van der Waals surface area contributed by atoms with E-state index in [4.69, 9.17) is 5.73 Å². The Labute approximate surface area is 62.6 Å². The maximum Gasteiger partial charge on any atom is 0.248 e. The van der Waals surface area contributed by atoms with Gasteiger partial charge in [0.15, 0.2) is 0 Å². The average Bonchev–Trinajstić information content (AvgIpc) is 2.40. The van der Waals surface area contributed by atoms with E-state index in [1.165, 1.54) is 12.5 Å².